The number of hydrogen-bond acceptors (Lipinski definition) is 6. The summed E-state index contributed by atoms with van der Waals surface area (Å²) in [5.74, 6) is 2.16. The normalized spacial score (nSPS) is 13.0. The molecule has 2 N–H and O–H groups in total. The Morgan fingerprint density at radius 3 is 2.63 bits per heavy atom. The predicted molar refractivity (Wildman–Crippen MR) is 138 cm³/mol. The fourth-order valence-electron chi connectivity index (χ4n) is 3.70. The summed E-state index contributed by atoms with van der Waals surface area (Å²) >= 11 is 3.55. The van der Waals surface area contributed by atoms with Crippen molar-refractivity contribution in [2.45, 2.75) is 19.1 Å². The Labute approximate surface area is 218 Å². The smallest absolute Gasteiger partial charge is 0.175 e. The van der Waals surface area contributed by atoms with Gasteiger partial charge in [0, 0.05) is 6.54 Å². The quantitative estimate of drug-likeness (QED) is 0.326. The van der Waals surface area contributed by atoms with E-state index in [0.29, 0.717) is 71.3 Å². The van der Waals surface area contributed by atoms with E-state index in [-0.39, 0.29) is 24.8 Å². The molecule has 1 unspecified atom stereocenters. The SMILES string of the molecule is COc1cc(CNCCc2ccccc2F)cc(Br)c1OCC(O)c1ccc2c(c1)OCCO2.Cl. The first-order valence-electron chi connectivity index (χ1n) is 11.1. The van der Waals surface area contributed by atoms with Gasteiger partial charge in [0.05, 0.1) is 11.6 Å². The van der Waals surface area contributed by atoms with Crippen LogP contribution in [0.4, 0.5) is 4.39 Å². The largest absolute Gasteiger partial charge is 0.493 e. The Hall–Kier alpha value is -2.52. The first-order valence-corrected chi connectivity index (χ1v) is 11.9. The van der Waals surface area contributed by atoms with E-state index >= 15 is 0 Å². The molecule has 0 aliphatic carbocycles. The van der Waals surface area contributed by atoms with Gasteiger partial charge in [-0.15, -0.1) is 12.4 Å². The van der Waals surface area contributed by atoms with E-state index in [0.717, 1.165) is 5.56 Å². The summed E-state index contributed by atoms with van der Waals surface area (Å²) < 4.78 is 37.0. The second kappa shape index (κ2) is 13.0. The van der Waals surface area contributed by atoms with Crippen molar-refractivity contribution >= 4 is 28.3 Å². The molecule has 4 rings (SSSR count). The van der Waals surface area contributed by atoms with Gasteiger partial charge in [0.1, 0.15) is 31.7 Å². The predicted octanol–water partition coefficient (Wildman–Crippen LogP) is 5.23. The molecule has 3 aromatic carbocycles. The van der Waals surface area contributed by atoms with Gasteiger partial charge in [-0.05, 0) is 75.9 Å². The van der Waals surface area contributed by atoms with Crippen LogP contribution in [0.2, 0.25) is 0 Å². The van der Waals surface area contributed by atoms with Gasteiger partial charge in [-0.1, -0.05) is 24.3 Å². The molecular weight excluding hydrogens is 541 g/mol. The van der Waals surface area contributed by atoms with Crippen molar-refractivity contribution in [1.29, 1.82) is 0 Å². The molecule has 9 heteroatoms. The minimum atomic E-state index is -0.854. The molecule has 6 nitrogen and oxygen atoms in total. The van der Waals surface area contributed by atoms with Gasteiger partial charge in [0.2, 0.25) is 0 Å². The summed E-state index contributed by atoms with van der Waals surface area (Å²) in [5.41, 5.74) is 2.35. The summed E-state index contributed by atoms with van der Waals surface area (Å²) in [5, 5.41) is 14.0. The van der Waals surface area contributed by atoms with Gasteiger partial charge in [-0.25, -0.2) is 4.39 Å². The monoisotopic (exact) mass is 567 g/mol. The molecule has 0 saturated carbocycles. The van der Waals surface area contributed by atoms with E-state index in [2.05, 4.69) is 21.2 Å². The molecule has 0 amide bonds. The van der Waals surface area contributed by atoms with Gasteiger partial charge < -0.3 is 29.4 Å². The standard InChI is InChI=1S/C26H27BrFNO5.ClH/c1-31-25-13-17(15-29-9-8-18-4-2-3-5-21(18)28)12-20(27)26(25)34-16-22(30)19-6-7-23-24(14-19)33-11-10-32-23;/h2-7,12-14,22,29-30H,8-11,15-16H2,1H3;1H. The van der Waals surface area contributed by atoms with E-state index in [1.54, 1.807) is 37.4 Å². The number of benzene rings is 3. The maximum absolute atomic E-state index is 13.8. The van der Waals surface area contributed by atoms with Gasteiger partial charge in [0.15, 0.2) is 23.0 Å². The molecule has 0 saturated heterocycles. The van der Waals surface area contributed by atoms with Crippen LogP contribution in [0.3, 0.4) is 0 Å². The van der Waals surface area contributed by atoms with Crippen molar-refractivity contribution in [2.24, 2.45) is 0 Å². The van der Waals surface area contributed by atoms with Gasteiger partial charge in [-0.3, -0.25) is 0 Å². The third-order valence-electron chi connectivity index (χ3n) is 5.48. The summed E-state index contributed by atoms with van der Waals surface area (Å²) in [6, 6.07) is 16.0. The zero-order valence-electron chi connectivity index (χ0n) is 19.3. The molecule has 188 valence electrons. The van der Waals surface area contributed by atoms with Crippen molar-refractivity contribution in [3.8, 4) is 23.0 Å². The number of aliphatic hydroxyl groups excluding tert-OH is 1. The summed E-state index contributed by atoms with van der Waals surface area (Å²) in [7, 11) is 1.57. The summed E-state index contributed by atoms with van der Waals surface area (Å²) in [6.07, 6.45) is -0.253. The van der Waals surface area contributed by atoms with Crippen LogP contribution in [0.1, 0.15) is 22.8 Å². The Balaban J connectivity index is 0.00000342. The maximum atomic E-state index is 13.8. The molecule has 0 radical (unpaired) electrons. The highest BCUT2D eigenvalue weighted by atomic mass is 79.9. The Kier molecular flexibility index (Phi) is 10.0. The zero-order valence-corrected chi connectivity index (χ0v) is 21.7. The Morgan fingerprint density at radius 1 is 1.09 bits per heavy atom. The summed E-state index contributed by atoms with van der Waals surface area (Å²) in [6.45, 7) is 2.26. The van der Waals surface area contributed by atoms with Crippen LogP contribution in [0, 0.1) is 5.82 Å². The van der Waals surface area contributed by atoms with E-state index < -0.39 is 6.10 Å². The molecule has 35 heavy (non-hydrogen) atoms. The molecule has 1 heterocycles. The van der Waals surface area contributed by atoms with Crippen molar-refractivity contribution < 1.29 is 28.4 Å². The van der Waals surface area contributed by atoms with Crippen molar-refractivity contribution in [1.82, 2.24) is 5.32 Å². The zero-order chi connectivity index (χ0) is 23.9. The molecule has 0 bridgehead atoms. The van der Waals surface area contributed by atoms with Crippen LogP contribution >= 0.6 is 28.3 Å². The lowest BCUT2D eigenvalue weighted by molar-refractivity contribution is 0.105. The van der Waals surface area contributed by atoms with Crippen LogP contribution in [-0.4, -0.2) is 38.6 Å². The Bertz CT molecular complexity index is 1130. The van der Waals surface area contributed by atoms with Crippen LogP contribution in [0.15, 0.2) is 59.1 Å². The van der Waals surface area contributed by atoms with Crippen LogP contribution < -0.4 is 24.3 Å². The average molecular weight is 569 g/mol. The number of fused-ring (bicyclic) bond motifs is 1. The topological polar surface area (TPSA) is 69.2 Å². The number of rotatable bonds is 10. The second-order valence-corrected chi connectivity index (χ2v) is 8.71. The minimum absolute atomic E-state index is 0. The average Bonchev–Trinajstić information content (AvgIpc) is 2.86. The van der Waals surface area contributed by atoms with Gasteiger partial charge >= 0.3 is 0 Å². The van der Waals surface area contributed by atoms with E-state index in [4.69, 9.17) is 18.9 Å². The fourth-order valence-corrected chi connectivity index (χ4v) is 4.30. The third kappa shape index (κ3) is 7.01. The van der Waals surface area contributed by atoms with Crippen LogP contribution in [0.25, 0.3) is 0 Å². The number of halogens is 3. The van der Waals surface area contributed by atoms with E-state index in [9.17, 15) is 9.50 Å². The molecular formula is C26H28BrClFNO5. The van der Waals surface area contributed by atoms with E-state index in [1.807, 2.05) is 18.2 Å². The van der Waals surface area contributed by atoms with E-state index in [1.165, 1.54) is 6.07 Å². The number of nitrogens with one attached hydrogen (secondary N) is 1. The van der Waals surface area contributed by atoms with Crippen LogP contribution in [0.5, 0.6) is 23.0 Å². The number of aliphatic hydroxyl groups is 1. The van der Waals surface area contributed by atoms with Gasteiger partial charge in [0.25, 0.3) is 0 Å². The van der Waals surface area contributed by atoms with Gasteiger partial charge in [-0.2, -0.15) is 0 Å². The number of ether oxygens (including phenoxy) is 4. The lowest BCUT2D eigenvalue weighted by atomic mass is 10.1. The third-order valence-corrected chi connectivity index (χ3v) is 6.07. The molecule has 1 aliphatic rings. The highest BCUT2D eigenvalue weighted by Crippen LogP contribution is 2.38. The Morgan fingerprint density at radius 2 is 1.86 bits per heavy atom. The van der Waals surface area contributed by atoms with Crippen molar-refractivity contribution in [3.05, 3.63) is 81.6 Å². The molecule has 1 atom stereocenters. The first-order chi connectivity index (χ1) is 16.5. The second-order valence-electron chi connectivity index (χ2n) is 7.86. The number of methoxy groups -OCH3 is 1. The fraction of sp³-hybridized carbons (Fsp3) is 0.308. The molecule has 3 aromatic rings. The van der Waals surface area contributed by atoms with Crippen LogP contribution in [-0.2, 0) is 13.0 Å². The molecule has 0 fully saturated rings. The molecule has 0 aromatic heterocycles. The lowest BCUT2D eigenvalue weighted by Gasteiger charge is -2.21. The summed E-state index contributed by atoms with van der Waals surface area (Å²) in [4.78, 5) is 0. The lowest BCUT2D eigenvalue weighted by Crippen LogP contribution is -2.17. The van der Waals surface area contributed by atoms with Crippen molar-refractivity contribution in [3.63, 3.8) is 0 Å². The molecule has 0 spiro atoms. The van der Waals surface area contributed by atoms with Crippen molar-refractivity contribution in [2.75, 3.05) is 33.5 Å². The highest BCUT2D eigenvalue weighted by Gasteiger charge is 2.18. The minimum Gasteiger partial charge on any atom is -0.493 e. The number of hydrogen-bond donors (Lipinski definition) is 2. The maximum Gasteiger partial charge on any atom is 0.175 e. The highest BCUT2D eigenvalue weighted by molar-refractivity contribution is 9.10. The molecule has 1 aliphatic heterocycles. The first kappa shape index (κ1) is 27.1.